The lowest BCUT2D eigenvalue weighted by Crippen LogP contribution is -2.19. The number of allylic oxidation sites excluding steroid dienone is 1. The van der Waals surface area contributed by atoms with Gasteiger partial charge in [0.05, 0.1) is 7.11 Å². The molecule has 0 rings (SSSR count). The van der Waals surface area contributed by atoms with E-state index in [0.29, 0.717) is 5.95 Å². The van der Waals surface area contributed by atoms with Gasteiger partial charge in [0.15, 0.2) is 0 Å². The average molecular weight is 201 g/mol. The van der Waals surface area contributed by atoms with Gasteiger partial charge in [-0.1, -0.05) is 0 Å². The van der Waals surface area contributed by atoms with Gasteiger partial charge in [-0.25, -0.2) is 0 Å². The van der Waals surface area contributed by atoms with E-state index < -0.39 is 6.94 Å². The van der Waals surface area contributed by atoms with Crippen molar-refractivity contribution in [2.75, 3.05) is 7.11 Å². The van der Waals surface area contributed by atoms with E-state index in [4.69, 9.17) is 31.3 Å². The first-order valence-corrected chi connectivity index (χ1v) is 7.20. The van der Waals surface area contributed by atoms with Gasteiger partial charge < -0.3 is 9.16 Å². The molecule has 0 saturated carbocycles. The van der Waals surface area contributed by atoms with Crippen molar-refractivity contribution in [3.8, 4) is 0 Å². The molecule has 0 aromatic carbocycles. The number of halogens is 2. The summed E-state index contributed by atoms with van der Waals surface area (Å²) in [4.78, 5) is 0. The number of methoxy groups -OCH3 is 1. The molecule has 2 nitrogen and oxygen atoms in total. The first kappa shape index (κ1) is 10.1. The van der Waals surface area contributed by atoms with E-state index in [1.807, 2.05) is 0 Å². The van der Waals surface area contributed by atoms with Gasteiger partial charge in [-0.2, -0.15) is 0 Å². The predicted octanol–water partition coefficient (Wildman–Crippen LogP) is 2.56. The molecule has 0 aliphatic heterocycles. The number of rotatable bonds is 3. The van der Waals surface area contributed by atoms with Crippen molar-refractivity contribution >= 4 is 29.1 Å². The fraction of sp³-hybridized carbons (Fsp3) is 0.600. The van der Waals surface area contributed by atoms with E-state index in [1.54, 1.807) is 19.5 Å². The minimum atomic E-state index is -2.51. The highest BCUT2D eigenvalue weighted by atomic mass is 35.7. The molecule has 0 aromatic heterocycles. The Bertz CT molecular complexity index is 130. The van der Waals surface area contributed by atoms with Crippen LogP contribution in [-0.2, 0) is 9.16 Å². The van der Waals surface area contributed by atoms with Crippen LogP contribution in [0.3, 0.4) is 0 Å². The smallest absolute Gasteiger partial charge is 0.448 e. The number of ether oxygens (including phenoxy) is 1. The summed E-state index contributed by atoms with van der Waals surface area (Å²) < 4.78 is 9.82. The van der Waals surface area contributed by atoms with E-state index >= 15 is 0 Å². The standard InChI is InChI=1S/C5H10Cl2O2Si/c1-4-5(8-2)9-10(3,6)7/h4H,1-3H3/b5-4+. The van der Waals surface area contributed by atoms with E-state index in [1.165, 1.54) is 7.11 Å². The second-order valence-corrected chi connectivity index (χ2v) is 8.45. The van der Waals surface area contributed by atoms with Crippen molar-refractivity contribution < 1.29 is 9.16 Å². The molecule has 0 bridgehead atoms. The van der Waals surface area contributed by atoms with Gasteiger partial charge >= 0.3 is 6.94 Å². The lowest BCUT2D eigenvalue weighted by molar-refractivity contribution is 0.152. The van der Waals surface area contributed by atoms with Gasteiger partial charge in [-0.15, -0.1) is 22.2 Å². The molecule has 0 saturated heterocycles. The molecule has 0 N–H and O–H groups in total. The van der Waals surface area contributed by atoms with Crippen LogP contribution in [0.5, 0.6) is 0 Å². The zero-order valence-electron chi connectivity index (χ0n) is 6.15. The van der Waals surface area contributed by atoms with Gasteiger partial charge in [0.1, 0.15) is 0 Å². The Balaban J connectivity index is 3.88. The van der Waals surface area contributed by atoms with Crippen LogP contribution in [0.25, 0.3) is 0 Å². The highest BCUT2D eigenvalue weighted by Gasteiger charge is 2.26. The predicted molar refractivity (Wildman–Crippen MR) is 45.2 cm³/mol. The van der Waals surface area contributed by atoms with Gasteiger partial charge in [0.2, 0.25) is 0 Å². The lowest BCUT2D eigenvalue weighted by atomic mass is 10.7. The Kier molecular flexibility index (Phi) is 4.16. The second kappa shape index (κ2) is 4.11. The summed E-state index contributed by atoms with van der Waals surface area (Å²) in [7, 11) is 1.50. The summed E-state index contributed by atoms with van der Waals surface area (Å²) in [5.41, 5.74) is 0. The maximum atomic E-state index is 5.65. The van der Waals surface area contributed by atoms with Crippen LogP contribution in [0.2, 0.25) is 6.55 Å². The summed E-state index contributed by atoms with van der Waals surface area (Å²) >= 11 is 11.3. The third-order valence-electron chi connectivity index (χ3n) is 0.717. The fourth-order valence-electron chi connectivity index (χ4n) is 0.395. The molecule has 0 atom stereocenters. The molecule has 0 aliphatic rings. The molecule has 5 heteroatoms. The number of hydrogen-bond acceptors (Lipinski definition) is 2. The first-order chi connectivity index (χ1) is 4.49. The van der Waals surface area contributed by atoms with Crippen LogP contribution < -0.4 is 0 Å². The second-order valence-electron chi connectivity index (χ2n) is 1.72. The van der Waals surface area contributed by atoms with Crippen molar-refractivity contribution in [3.05, 3.63) is 12.0 Å². The third kappa shape index (κ3) is 4.96. The molecular formula is C5H10Cl2O2Si. The summed E-state index contributed by atoms with van der Waals surface area (Å²) in [6, 6.07) is 0. The van der Waals surface area contributed by atoms with Crippen LogP contribution in [0.4, 0.5) is 0 Å². The zero-order valence-corrected chi connectivity index (χ0v) is 8.66. The van der Waals surface area contributed by atoms with E-state index in [2.05, 4.69) is 0 Å². The van der Waals surface area contributed by atoms with E-state index in [9.17, 15) is 0 Å². The summed E-state index contributed by atoms with van der Waals surface area (Å²) in [6.07, 6.45) is 1.66. The molecule has 0 spiro atoms. The zero-order chi connectivity index (χ0) is 8.20. The first-order valence-electron chi connectivity index (χ1n) is 2.76. The van der Waals surface area contributed by atoms with Gasteiger partial charge in [0.25, 0.3) is 5.95 Å². The molecule has 0 radical (unpaired) electrons. The van der Waals surface area contributed by atoms with Crippen LogP contribution in [0, 0.1) is 0 Å². The van der Waals surface area contributed by atoms with Crippen molar-refractivity contribution in [2.45, 2.75) is 13.5 Å². The Morgan fingerprint density at radius 1 is 1.50 bits per heavy atom. The third-order valence-corrected chi connectivity index (χ3v) is 1.74. The highest BCUT2D eigenvalue weighted by molar-refractivity contribution is 7.41. The van der Waals surface area contributed by atoms with Crippen molar-refractivity contribution in [1.29, 1.82) is 0 Å². The average Bonchev–Trinajstić information content (AvgIpc) is 1.81. The van der Waals surface area contributed by atoms with E-state index in [-0.39, 0.29) is 0 Å². The maximum Gasteiger partial charge on any atom is 0.448 e. The minimum absolute atomic E-state index is 0.374. The van der Waals surface area contributed by atoms with Gasteiger partial charge in [-0.3, -0.25) is 0 Å². The molecule has 10 heavy (non-hydrogen) atoms. The Labute approximate surface area is 71.3 Å². The molecule has 0 unspecified atom stereocenters. The van der Waals surface area contributed by atoms with Crippen molar-refractivity contribution in [1.82, 2.24) is 0 Å². The monoisotopic (exact) mass is 200 g/mol. The summed E-state index contributed by atoms with van der Waals surface area (Å²) in [5, 5.41) is 0. The topological polar surface area (TPSA) is 18.5 Å². The Morgan fingerprint density at radius 3 is 2.10 bits per heavy atom. The van der Waals surface area contributed by atoms with Crippen LogP contribution in [0.15, 0.2) is 12.0 Å². The van der Waals surface area contributed by atoms with E-state index in [0.717, 1.165) is 0 Å². The largest absolute Gasteiger partial charge is 0.492 e. The fourth-order valence-corrected chi connectivity index (χ4v) is 1.41. The molecule has 0 heterocycles. The quantitative estimate of drug-likeness (QED) is 0.397. The Hall–Kier alpha value is 0.137. The van der Waals surface area contributed by atoms with Crippen LogP contribution >= 0.6 is 22.2 Å². The van der Waals surface area contributed by atoms with Crippen LogP contribution in [0.1, 0.15) is 6.92 Å². The van der Waals surface area contributed by atoms with Gasteiger partial charge in [-0.05, 0) is 19.5 Å². The van der Waals surface area contributed by atoms with Crippen LogP contribution in [-0.4, -0.2) is 14.0 Å². The molecule has 0 amide bonds. The number of hydrogen-bond donors (Lipinski definition) is 0. The van der Waals surface area contributed by atoms with Gasteiger partial charge in [0, 0.05) is 0 Å². The molecule has 0 aliphatic carbocycles. The molecule has 60 valence electrons. The molecule has 0 fully saturated rings. The lowest BCUT2D eigenvalue weighted by Gasteiger charge is -2.14. The maximum absolute atomic E-state index is 5.65. The molecular weight excluding hydrogens is 191 g/mol. The van der Waals surface area contributed by atoms with Crippen molar-refractivity contribution in [2.24, 2.45) is 0 Å². The summed E-state index contributed by atoms with van der Waals surface area (Å²) in [5.74, 6) is 0.374. The normalized spacial score (nSPS) is 13.1. The summed E-state index contributed by atoms with van der Waals surface area (Å²) in [6.45, 7) is 0.925. The highest BCUT2D eigenvalue weighted by Crippen LogP contribution is 2.19. The Morgan fingerprint density at radius 2 is 2.00 bits per heavy atom. The SMILES string of the molecule is C/C=C(\OC)O[Si](C)(Cl)Cl. The minimum Gasteiger partial charge on any atom is -0.492 e. The molecule has 0 aromatic rings. The van der Waals surface area contributed by atoms with Crippen molar-refractivity contribution in [3.63, 3.8) is 0 Å².